The minimum Gasteiger partial charge on any atom is -0.453 e. The number of carbonyl (C=O) groups excluding carboxylic acids is 2. The molecule has 6 nitrogen and oxygen atoms in total. The van der Waals surface area contributed by atoms with Crippen molar-refractivity contribution in [1.82, 2.24) is 15.5 Å². The van der Waals surface area contributed by atoms with Gasteiger partial charge < -0.3 is 10.1 Å². The molecule has 0 spiro atoms. The van der Waals surface area contributed by atoms with Crippen molar-refractivity contribution in [3.05, 3.63) is 0 Å². The second-order valence-electron chi connectivity index (χ2n) is 5.39. The fourth-order valence-corrected chi connectivity index (χ4v) is 2.57. The highest BCUT2D eigenvalue weighted by molar-refractivity contribution is 5.92. The summed E-state index contributed by atoms with van der Waals surface area (Å²) in [6.07, 6.45) is 3.99. The van der Waals surface area contributed by atoms with Crippen molar-refractivity contribution in [3.8, 4) is 0 Å². The first-order chi connectivity index (χ1) is 9.19. The highest BCUT2D eigenvalue weighted by atomic mass is 16.5. The number of rotatable bonds is 5. The maximum Gasteiger partial charge on any atom is 0.413 e. The van der Waals surface area contributed by atoms with Crippen LogP contribution in [0.2, 0.25) is 0 Å². The molecule has 0 aromatic heterocycles. The van der Waals surface area contributed by atoms with Crippen LogP contribution < -0.4 is 10.6 Å². The largest absolute Gasteiger partial charge is 0.453 e. The maximum absolute atomic E-state index is 11.7. The second kappa shape index (κ2) is 6.86. The summed E-state index contributed by atoms with van der Waals surface area (Å²) < 4.78 is 4.43. The Kier molecular flexibility index (Phi) is 5.15. The van der Waals surface area contributed by atoms with E-state index in [9.17, 15) is 9.59 Å². The Morgan fingerprint density at radius 2 is 1.95 bits per heavy atom. The summed E-state index contributed by atoms with van der Waals surface area (Å²) in [4.78, 5) is 24.9. The van der Waals surface area contributed by atoms with Crippen molar-refractivity contribution in [3.63, 3.8) is 0 Å². The molecule has 0 aromatic carbocycles. The quantitative estimate of drug-likeness (QED) is 0.753. The van der Waals surface area contributed by atoms with Crippen molar-refractivity contribution < 1.29 is 14.3 Å². The van der Waals surface area contributed by atoms with Gasteiger partial charge in [0.25, 0.3) is 0 Å². The third kappa shape index (κ3) is 4.80. The van der Waals surface area contributed by atoms with Crippen molar-refractivity contribution in [2.45, 2.75) is 31.7 Å². The number of piperidine rings is 1. The monoisotopic (exact) mass is 269 g/mol. The molecule has 108 valence electrons. The van der Waals surface area contributed by atoms with Gasteiger partial charge in [0.1, 0.15) is 0 Å². The molecule has 2 amide bonds. The number of carbonyl (C=O) groups is 2. The normalized spacial score (nSPS) is 20.3. The van der Waals surface area contributed by atoms with Crippen LogP contribution in [-0.2, 0) is 9.53 Å². The number of methoxy groups -OCH3 is 1. The van der Waals surface area contributed by atoms with Crippen LogP contribution in [0.4, 0.5) is 4.79 Å². The van der Waals surface area contributed by atoms with Crippen LogP contribution in [0.25, 0.3) is 0 Å². The van der Waals surface area contributed by atoms with E-state index in [0.29, 0.717) is 18.5 Å². The average molecular weight is 269 g/mol. The number of nitrogens with one attached hydrogen (secondary N) is 2. The Bertz CT molecular complexity index is 325. The Balaban J connectivity index is 1.78. The minimum atomic E-state index is -0.678. The SMILES string of the molecule is COC(=O)NC(=O)CN(CC1CCNCC1)C1CC1. The van der Waals surface area contributed by atoms with E-state index in [4.69, 9.17) is 0 Å². The zero-order chi connectivity index (χ0) is 13.7. The highest BCUT2D eigenvalue weighted by Gasteiger charge is 2.32. The average Bonchev–Trinajstić information content (AvgIpc) is 3.23. The summed E-state index contributed by atoms with van der Waals surface area (Å²) >= 11 is 0. The molecule has 2 fully saturated rings. The van der Waals surface area contributed by atoms with E-state index >= 15 is 0 Å². The van der Waals surface area contributed by atoms with Gasteiger partial charge >= 0.3 is 6.09 Å². The molecule has 0 atom stereocenters. The Morgan fingerprint density at radius 1 is 1.26 bits per heavy atom. The third-order valence-electron chi connectivity index (χ3n) is 3.79. The van der Waals surface area contributed by atoms with Crippen LogP contribution in [0.15, 0.2) is 0 Å². The van der Waals surface area contributed by atoms with Crippen molar-refractivity contribution in [1.29, 1.82) is 0 Å². The molecule has 0 radical (unpaired) electrons. The molecular formula is C13H23N3O3. The zero-order valence-corrected chi connectivity index (χ0v) is 11.5. The van der Waals surface area contributed by atoms with Crippen LogP contribution in [0.3, 0.4) is 0 Å². The molecule has 0 aromatic rings. The van der Waals surface area contributed by atoms with Crippen molar-refractivity contribution in [2.24, 2.45) is 5.92 Å². The topological polar surface area (TPSA) is 70.7 Å². The van der Waals surface area contributed by atoms with Gasteiger partial charge in [-0.3, -0.25) is 15.0 Å². The number of ether oxygens (including phenoxy) is 1. The van der Waals surface area contributed by atoms with Gasteiger partial charge in [-0.25, -0.2) is 4.79 Å². The number of amides is 2. The first-order valence-corrected chi connectivity index (χ1v) is 7.01. The lowest BCUT2D eigenvalue weighted by Gasteiger charge is -2.29. The summed E-state index contributed by atoms with van der Waals surface area (Å²) in [5.74, 6) is 0.389. The maximum atomic E-state index is 11.7. The molecule has 1 saturated heterocycles. The van der Waals surface area contributed by atoms with E-state index in [0.717, 1.165) is 32.5 Å². The number of nitrogens with zero attached hydrogens (tertiary/aromatic N) is 1. The summed E-state index contributed by atoms with van der Waals surface area (Å²) in [5, 5.41) is 5.57. The highest BCUT2D eigenvalue weighted by Crippen LogP contribution is 2.28. The predicted molar refractivity (Wildman–Crippen MR) is 70.7 cm³/mol. The molecule has 2 aliphatic rings. The van der Waals surface area contributed by atoms with E-state index in [1.165, 1.54) is 20.0 Å². The molecule has 1 aliphatic carbocycles. The summed E-state index contributed by atoms with van der Waals surface area (Å²) in [6, 6.07) is 0.526. The molecular weight excluding hydrogens is 246 g/mol. The first-order valence-electron chi connectivity index (χ1n) is 7.01. The van der Waals surface area contributed by atoms with Crippen molar-refractivity contribution in [2.75, 3.05) is 33.3 Å². The smallest absolute Gasteiger partial charge is 0.413 e. The van der Waals surface area contributed by atoms with Gasteiger partial charge in [-0.1, -0.05) is 0 Å². The van der Waals surface area contributed by atoms with E-state index in [1.807, 2.05) is 0 Å². The summed E-state index contributed by atoms with van der Waals surface area (Å²) in [6.45, 7) is 3.39. The Labute approximate surface area is 113 Å². The molecule has 0 unspecified atom stereocenters. The second-order valence-corrected chi connectivity index (χ2v) is 5.39. The first kappa shape index (κ1) is 14.3. The van der Waals surface area contributed by atoms with Crippen LogP contribution >= 0.6 is 0 Å². The van der Waals surface area contributed by atoms with Gasteiger partial charge in [0.05, 0.1) is 13.7 Å². The van der Waals surface area contributed by atoms with E-state index in [2.05, 4.69) is 20.3 Å². The van der Waals surface area contributed by atoms with Crippen LogP contribution in [-0.4, -0.2) is 56.2 Å². The lowest BCUT2D eigenvalue weighted by molar-refractivity contribution is -0.121. The van der Waals surface area contributed by atoms with Gasteiger partial charge in [-0.2, -0.15) is 0 Å². The molecule has 1 saturated carbocycles. The van der Waals surface area contributed by atoms with Crippen LogP contribution in [0.1, 0.15) is 25.7 Å². The van der Waals surface area contributed by atoms with Gasteiger partial charge in [0.2, 0.25) is 5.91 Å². The van der Waals surface area contributed by atoms with Crippen molar-refractivity contribution >= 4 is 12.0 Å². The molecule has 1 heterocycles. The fourth-order valence-electron chi connectivity index (χ4n) is 2.57. The Morgan fingerprint density at radius 3 is 2.53 bits per heavy atom. The van der Waals surface area contributed by atoms with Gasteiger partial charge in [-0.15, -0.1) is 0 Å². The van der Waals surface area contributed by atoms with E-state index < -0.39 is 6.09 Å². The van der Waals surface area contributed by atoms with Crippen LogP contribution in [0, 0.1) is 5.92 Å². The Hall–Kier alpha value is -1.14. The number of imide groups is 1. The molecule has 6 heteroatoms. The number of hydrogen-bond acceptors (Lipinski definition) is 5. The van der Waals surface area contributed by atoms with E-state index in [-0.39, 0.29) is 5.91 Å². The summed E-state index contributed by atoms with van der Waals surface area (Å²) in [7, 11) is 1.26. The lowest BCUT2D eigenvalue weighted by atomic mass is 9.97. The molecule has 1 aliphatic heterocycles. The van der Waals surface area contributed by atoms with Gasteiger partial charge in [0, 0.05) is 12.6 Å². The molecule has 0 bridgehead atoms. The van der Waals surface area contributed by atoms with Gasteiger partial charge in [-0.05, 0) is 44.7 Å². The zero-order valence-electron chi connectivity index (χ0n) is 11.5. The van der Waals surface area contributed by atoms with Gasteiger partial charge in [0.15, 0.2) is 0 Å². The van der Waals surface area contributed by atoms with E-state index in [1.54, 1.807) is 0 Å². The minimum absolute atomic E-state index is 0.271. The number of hydrogen-bond donors (Lipinski definition) is 2. The molecule has 19 heavy (non-hydrogen) atoms. The standard InChI is InChI=1S/C13H23N3O3/c1-19-13(18)15-12(17)9-16(11-2-3-11)8-10-4-6-14-7-5-10/h10-11,14H,2-9H2,1H3,(H,15,17,18). The predicted octanol–water partition coefficient (Wildman–Crippen LogP) is 0.333. The third-order valence-corrected chi connectivity index (χ3v) is 3.79. The number of alkyl carbamates (subject to hydrolysis) is 1. The summed E-state index contributed by atoms with van der Waals surface area (Å²) in [5.41, 5.74) is 0. The molecule has 2 N–H and O–H groups in total. The van der Waals surface area contributed by atoms with Crippen LogP contribution in [0.5, 0.6) is 0 Å². The fraction of sp³-hybridized carbons (Fsp3) is 0.846. The lowest BCUT2D eigenvalue weighted by Crippen LogP contribution is -2.44. The molecule has 2 rings (SSSR count).